The number of ketones is 1. The number of carbonyl (C=O) groups excluding carboxylic acids is 1. The van der Waals surface area contributed by atoms with E-state index in [1.165, 1.54) is 11.3 Å². The highest BCUT2D eigenvalue weighted by Crippen LogP contribution is 2.22. The number of aromatic nitrogens is 1. The molecule has 0 amide bonds. The molecule has 0 radical (unpaired) electrons. The van der Waals surface area contributed by atoms with Gasteiger partial charge < -0.3 is 5.32 Å². The monoisotopic (exact) mass is 196 g/mol. The summed E-state index contributed by atoms with van der Waals surface area (Å²) in [6.07, 6.45) is 1.75. The molecule has 3 nitrogen and oxygen atoms in total. The number of hydrogen-bond donors (Lipinski definition) is 1. The predicted molar refractivity (Wildman–Crippen MR) is 55.5 cm³/mol. The number of anilines is 1. The van der Waals surface area contributed by atoms with Crippen LogP contribution in [0.1, 0.15) is 22.3 Å². The fourth-order valence-electron chi connectivity index (χ4n) is 0.958. The number of Topliss-reactive ketones (excluding diaryl/α,β-unsaturated/α-hetero) is 1. The minimum atomic E-state index is 0.0710. The summed E-state index contributed by atoms with van der Waals surface area (Å²) < 4.78 is 0. The third-order valence-corrected chi connectivity index (χ3v) is 2.73. The van der Waals surface area contributed by atoms with E-state index in [-0.39, 0.29) is 5.78 Å². The molecule has 4 heteroatoms. The SMILES string of the molecule is C=CCNc1nc(C)c(C(C)=O)s1. The zero-order valence-electron chi connectivity index (χ0n) is 7.76. The molecule has 0 atom stereocenters. The number of aryl methyl sites for hydroxylation is 1. The fourth-order valence-corrected chi connectivity index (χ4v) is 1.83. The molecule has 0 fully saturated rings. The molecular weight excluding hydrogens is 184 g/mol. The Kier molecular flexibility index (Phi) is 3.19. The van der Waals surface area contributed by atoms with E-state index in [2.05, 4.69) is 16.9 Å². The van der Waals surface area contributed by atoms with Gasteiger partial charge in [0.05, 0.1) is 10.6 Å². The summed E-state index contributed by atoms with van der Waals surface area (Å²) in [5.74, 6) is 0.0710. The molecule has 1 aromatic rings. The molecule has 0 aliphatic carbocycles. The van der Waals surface area contributed by atoms with Crippen LogP contribution in [-0.4, -0.2) is 17.3 Å². The van der Waals surface area contributed by atoms with Gasteiger partial charge in [0.1, 0.15) is 0 Å². The number of nitrogens with one attached hydrogen (secondary N) is 1. The molecule has 0 aromatic carbocycles. The average molecular weight is 196 g/mol. The Hall–Kier alpha value is -1.16. The van der Waals surface area contributed by atoms with Crippen molar-refractivity contribution >= 4 is 22.3 Å². The van der Waals surface area contributed by atoms with Crippen molar-refractivity contribution in [3.05, 3.63) is 23.2 Å². The van der Waals surface area contributed by atoms with Crippen LogP contribution in [0.15, 0.2) is 12.7 Å². The van der Waals surface area contributed by atoms with Gasteiger partial charge in [-0.05, 0) is 6.92 Å². The lowest BCUT2D eigenvalue weighted by atomic mass is 10.3. The topological polar surface area (TPSA) is 42.0 Å². The summed E-state index contributed by atoms with van der Waals surface area (Å²) in [6.45, 7) is 7.65. The molecule has 0 unspecified atom stereocenters. The number of nitrogens with zero attached hydrogens (tertiary/aromatic N) is 1. The van der Waals surface area contributed by atoms with E-state index < -0.39 is 0 Å². The zero-order chi connectivity index (χ0) is 9.84. The van der Waals surface area contributed by atoms with Crippen LogP contribution in [0.5, 0.6) is 0 Å². The second kappa shape index (κ2) is 4.18. The summed E-state index contributed by atoms with van der Waals surface area (Å²) in [5, 5.41) is 3.83. The van der Waals surface area contributed by atoms with Crippen LogP contribution in [0, 0.1) is 6.92 Å². The molecule has 0 aliphatic heterocycles. The van der Waals surface area contributed by atoms with Crippen LogP contribution in [0.4, 0.5) is 5.13 Å². The Labute approximate surface area is 81.5 Å². The number of rotatable bonds is 4. The molecule has 70 valence electrons. The van der Waals surface area contributed by atoms with Gasteiger partial charge in [0.15, 0.2) is 10.9 Å². The number of hydrogen-bond acceptors (Lipinski definition) is 4. The summed E-state index contributed by atoms with van der Waals surface area (Å²) in [7, 11) is 0. The third kappa shape index (κ3) is 2.39. The molecule has 1 heterocycles. The van der Waals surface area contributed by atoms with Crippen molar-refractivity contribution in [3.63, 3.8) is 0 Å². The Bertz CT molecular complexity index is 330. The second-order valence-corrected chi connectivity index (χ2v) is 3.66. The largest absolute Gasteiger partial charge is 0.358 e. The van der Waals surface area contributed by atoms with Gasteiger partial charge in [-0.3, -0.25) is 4.79 Å². The number of thiazole rings is 1. The third-order valence-electron chi connectivity index (χ3n) is 1.51. The first kappa shape index (κ1) is 9.92. The summed E-state index contributed by atoms with van der Waals surface area (Å²) in [6, 6.07) is 0. The van der Waals surface area contributed by atoms with Crippen LogP contribution in [-0.2, 0) is 0 Å². The molecule has 13 heavy (non-hydrogen) atoms. The smallest absolute Gasteiger partial charge is 0.183 e. The van der Waals surface area contributed by atoms with Gasteiger partial charge in [0.2, 0.25) is 0 Å². The van der Waals surface area contributed by atoms with Crippen LogP contribution in [0.2, 0.25) is 0 Å². The first-order valence-corrected chi connectivity index (χ1v) is 4.80. The van der Waals surface area contributed by atoms with E-state index in [4.69, 9.17) is 0 Å². The molecule has 0 saturated carbocycles. The Morgan fingerprint density at radius 3 is 2.92 bits per heavy atom. The Morgan fingerprint density at radius 1 is 1.77 bits per heavy atom. The van der Waals surface area contributed by atoms with Gasteiger partial charge >= 0.3 is 0 Å². The van der Waals surface area contributed by atoms with E-state index in [0.717, 1.165) is 15.7 Å². The van der Waals surface area contributed by atoms with Gasteiger partial charge in [-0.15, -0.1) is 6.58 Å². The van der Waals surface area contributed by atoms with Crippen LogP contribution in [0.3, 0.4) is 0 Å². The normalized spacial score (nSPS) is 9.69. The minimum Gasteiger partial charge on any atom is -0.358 e. The van der Waals surface area contributed by atoms with Crippen molar-refractivity contribution in [3.8, 4) is 0 Å². The van der Waals surface area contributed by atoms with Crippen molar-refractivity contribution in [2.24, 2.45) is 0 Å². The summed E-state index contributed by atoms with van der Waals surface area (Å²) in [5.41, 5.74) is 0.795. The summed E-state index contributed by atoms with van der Waals surface area (Å²) in [4.78, 5) is 16.0. The Balaban J connectivity index is 2.82. The van der Waals surface area contributed by atoms with E-state index in [9.17, 15) is 4.79 Å². The van der Waals surface area contributed by atoms with Gasteiger partial charge in [0, 0.05) is 13.5 Å². The van der Waals surface area contributed by atoms with Crippen molar-refractivity contribution in [1.82, 2.24) is 4.98 Å². The highest BCUT2D eigenvalue weighted by Gasteiger charge is 2.10. The standard InChI is InChI=1S/C9H12N2OS/c1-4-5-10-9-11-6(2)8(13-9)7(3)12/h4H,1,5H2,2-3H3,(H,10,11). The van der Waals surface area contributed by atoms with Gasteiger partial charge in [-0.2, -0.15) is 0 Å². The second-order valence-electron chi connectivity index (χ2n) is 2.66. The van der Waals surface area contributed by atoms with Crippen molar-refractivity contribution in [2.45, 2.75) is 13.8 Å². The van der Waals surface area contributed by atoms with Gasteiger partial charge in [-0.1, -0.05) is 17.4 Å². The van der Waals surface area contributed by atoms with Crippen molar-refractivity contribution in [2.75, 3.05) is 11.9 Å². The molecule has 1 N–H and O–H groups in total. The lowest BCUT2D eigenvalue weighted by molar-refractivity contribution is 0.102. The average Bonchev–Trinajstić information content (AvgIpc) is 2.43. The molecule has 0 saturated heterocycles. The van der Waals surface area contributed by atoms with Crippen molar-refractivity contribution < 1.29 is 4.79 Å². The quantitative estimate of drug-likeness (QED) is 0.593. The predicted octanol–water partition coefficient (Wildman–Crippen LogP) is 2.25. The molecular formula is C9H12N2OS. The van der Waals surface area contributed by atoms with Crippen LogP contribution in [0.25, 0.3) is 0 Å². The minimum absolute atomic E-state index is 0.0710. The van der Waals surface area contributed by atoms with Crippen molar-refractivity contribution in [1.29, 1.82) is 0 Å². The molecule has 0 bridgehead atoms. The van der Waals surface area contributed by atoms with Gasteiger partial charge in [-0.25, -0.2) is 4.98 Å². The van der Waals surface area contributed by atoms with E-state index >= 15 is 0 Å². The fraction of sp³-hybridized carbons (Fsp3) is 0.333. The van der Waals surface area contributed by atoms with Crippen LogP contribution >= 0.6 is 11.3 Å². The maximum Gasteiger partial charge on any atom is 0.183 e. The Morgan fingerprint density at radius 2 is 2.46 bits per heavy atom. The summed E-state index contributed by atoms with van der Waals surface area (Å²) >= 11 is 1.39. The molecule has 1 rings (SSSR count). The number of carbonyl (C=O) groups is 1. The van der Waals surface area contributed by atoms with Gasteiger partial charge in [0.25, 0.3) is 0 Å². The molecule has 0 spiro atoms. The highest BCUT2D eigenvalue weighted by atomic mass is 32.1. The molecule has 0 aliphatic rings. The maximum atomic E-state index is 11.1. The van der Waals surface area contributed by atoms with E-state index in [1.807, 2.05) is 6.92 Å². The highest BCUT2D eigenvalue weighted by molar-refractivity contribution is 7.17. The lowest BCUT2D eigenvalue weighted by Crippen LogP contribution is -1.96. The lowest BCUT2D eigenvalue weighted by Gasteiger charge is -1.93. The van der Waals surface area contributed by atoms with Crippen LogP contribution < -0.4 is 5.32 Å². The first-order valence-electron chi connectivity index (χ1n) is 3.98. The van der Waals surface area contributed by atoms with E-state index in [1.54, 1.807) is 13.0 Å². The maximum absolute atomic E-state index is 11.1. The first-order chi connectivity index (χ1) is 6.15. The zero-order valence-corrected chi connectivity index (χ0v) is 8.57. The molecule has 1 aromatic heterocycles. The van der Waals surface area contributed by atoms with E-state index in [0.29, 0.717) is 6.54 Å².